The highest BCUT2D eigenvalue weighted by Crippen LogP contribution is 2.32. The van der Waals surface area contributed by atoms with Crippen LogP contribution in [0.3, 0.4) is 0 Å². The second-order valence-corrected chi connectivity index (χ2v) is 11.3. The van der Waals surface area contributed by atoms with Crippen molar-refractivity contribution in [2.24, 2.45) is 23.7 Å². The third-order valence-corrected chi connectivity index (χ3v) is 9.05. The lowest BCUT2D eigenvalue weighted by molar-refractivity contribution is -0.145. The zero-order valence-electron chi connectivity index (χ0n) is 21.9. The minimum absolute atomic E-state index is 0.102. The number of carbonyl (C=O) groups is 2. The molecule has 35 heavy (non-hydrogen) atoms. The second-order valence-electron chi connectivity index (χ2n) is 11.3. The fourth-order valence-electron chi connectivity index (χ4n) is 6.74. The molecule has 0 radical (unpaired) electrons. The molecule has 0 aromatic rings. The Bertz CT molecular complexity index is 660. The van der Waals surface area contributed by atoms with Crippen LogP contribution in [0.5, 0.6) is 0 Å². The monoisotopic (exact) mass is 492 g/mol. The molecule has 8 nitrogen and oxygen atoms in total. The van der Waals surface area contributed by atoms with Crippen LogP contribution in [0.15, 0.2) is 0 Å². The highest BCUT2D eigenvalue weighted by atomic mass is 16.5. The predicted molar refractivity (Wildman–Crippen MR) is 135 cm³/mol. The van der Waals surface area contributed by atoms with Crippen molar-refractivity contribution in [3.8, 4) is 0 Å². The molecule has 4 rings (SSSR count). The number of hydrogen-bond acceptors (Lipinski definition) is 7. The Labute approximate surface area is 211 Å². The molecule has 2 aliphatic heterocycles. The van der Waals surface area contributed by atoms with Gasteiger partial charge in [-0.15, -0.1) is 0 Å². The summed E-state index contributed by atoms with van der Waals surface area (Å²) in [7, 11) is 1.84. The molecule has 4 fully saturated rings. The molecule has 3 N–H and O–H groups in total. The van der Waals surface area contributed by atoms with Gasteiger partial charge in [0, 0.05) is 51.7 Å². The van der Waals surface area contributed by atoms with Gasteiger partial charge in [0.1, 0.15) is 6.29 Å². The SMILES string of the molecule is CCOC(=O)CC1CCN(C(=O)C2CCC(NC3NCC(C4CCC(OC)CC4)CN3)CC2)CC1. The number of piperidine rings is 1. The van der Waals surface area contributed by atoms with Crippen molar-refractivity contribution in [2.45, 2.75) is 96.0 Å². The standard InChI is InChI=1S/C27H48N4O4/c1-3-35-25(32)16-19-12-14-31(15-13-19)26(33)21-4-8-23(9-5-21)30-27-28-17-22(18-29-27)20-6-10-24(34-2)11-7-20/h19-24,27-30H,3-18H2,1-2H3. The lowest BCUT2D eigenvalue weighted by atomic mass is 9.78. The molecule has 0 bridgehead atoms. The van der Waals surface area contributed by atoms with Crippen molar-refractivity contribution in [1.82, 2.24) is 20.9 Å². The van der Waals surface area contributed by atoms with Crippen molar-refractivity contribution in [1.29, 1.82) is 0 Å². The summed E-state index contributed by atoms with van der Waals surface area (Å²) >= 11 is 0. The highest BCUT2D eigenvalue weighted by Gasteiger charge is 2.34. The van der Waals surface area contributed by atoms with E-state index in [1.54, 1.807) is 0 Å². The third-order valence-electron chi connectivity index (χ3n) is 9.05. The van der Waals surface area contributed by atoms with Crippen LogP contribution in [0.4, 0.5) is 0 Å². The largest absolute Gasteiger partial charge is 0.466 e. The van der Waals surface area contributed by atoms with Crippen LogP contribution in [0.1, 0.15) is 77.6 Å². The maximum Gasteiger partial charge on any atom is 0.306 e. The van der Waals surface area contributed by atoms with E-state index in [1.807, 2.05) is 18.9 Å². The van der Waals surface area contributed by atoms with Gasteiger partial charge < -0.3 is 14.4 Å². The second kappa shape index (κ2) is 13.4. The predicted octanol–water partition coefficient (Wildman–Crippen LogP) is 2.62. The number of nitrogens with one attached hydrogen (secondary N) is 3. The van der Waals surface area contributed by atoms with Crippen LogP contribution in [0.25, 0.3) is 0 Å². The number of amides is 1. The van der Waals surface area contributed by atoms with E-state index in [0.29, 0.717) is 42.9 Å². The number of rotatable bonds is 8. The number of nitrogens with zero attached hydrogens (tertiary/aromatic N) is 1. The first-order valence-corrected chi connectivity index (χ1v) is 14.3. The molecule has 0 aromatic heterocycles. The molecule has 2 saturated carbocycles. The maximum atomic E-state index is 13.1. The summed E-state index contributed by atoms with van der Waals surface area (Å²) in [5.74, 6) is 2.26. The quantitative estimate of drug-likeness (QED) is 0.449. The molecule has 0 unspecified atom stereocenters. The fraction of sp³-hybridized carbons (Fsp3) is 0.926. The first-order chi connectivity index (χ1) is 17.1. The lowest BCUT2D eigenvalue weighted by Crippen LogP contribution is -2.63. The van der Waals surface area contributed by atoms with E-state index in [9.17, 15) is 9.59 Å². The van der Waals surface area contributed by atoms with Gasteiger partial charge >= 0.3 is 5.97 Å². The average molecular weight is 493 g/mol. The molecular formula is C27H48N4O4. The summed E-state index contributed by atoms with van der Waals surface area (Å²) in [6.45, 7) is 6.00. The van der Waals surface area contributed by atoms with Crippen molar-refractivity contribution < 1.29 is 19.1 Å². The summed E-state index contributed by atoms with van der Waals surface area (Å²) in [6.07, 6.45) is 12.0. The number of methoxy groups -OCH3 is 1. The number of likely N-dealkylation sites (tertiary alicyclic amines) is 1. The molecule has 1 amide bonds. The van der Waals surface area contributed by atoms with Gasteiger partial charge in [0.05, 0.1) is 12.7 Å². The molecule has 0 aromatic carbocycles. The molecule has 2 aliphatic carbocycles. The van der Waals surface area contributed by atoms with E-state index in [0.717, 1.165) is 70.6 Å². The Morgan fingerprint density at radius 1 is 0.886 bits per heavy atom. The van der Waals surface area contributed by atoms with Crippen molar-refractivity contribution in [2.75, 3.05) is 39.9 Å². The van der Waals surface area contributed by atoms with E-state index in [4.69, 9.17) is 9.47 Å². The molecule has 2 heterocycles. The molecule has 0 spiro atoms. The Morgan fingerprint density at radius 3 is 2.14 bits per heavy atom. The zero-order chi connectivity index (χ0) is 24.6. The van der Waals surface area contributed by atoms with Crippen molar-refractivity contribution in [3.05, 3.63) is 0 Å². The summed E-state index contributed by atoms with van der Waals surface area (Å²) in [6, 6.07) is 0.466. The summed E-state index contributed by atoms with van der Waals surface area (Å²) in [5, 5.41) is 11.1. The maximum absolute atomic E-state index is 13.1. The number of hydrogen-bond donors (Lipinski definition) is 3. The summed E-state index contributed by atoms with van der Waals surface area (Å²) in [4.78, 5) is 26.9. The minimum Gasteiger partial charge on any atom is -0.466 e. The highest BCUT2D eigenvalue weighted by molar-refractivity contribution is 5.79. The van der Waals surface area contributed by atoms with Crippen molar-refractivity contribution >= 4 is 11.9 Å². The smallest absolute Gasteiger partial charge is 0.306 e. The van der Waals surface area contributed by atoms with E-state index < -0.39 is 0 Å². The lowest BCUT2D eigenvalue weighted by Gasteiger charge is -2.41. The number of carbonyl (C=O) groups excluding carboxylic acids is 2. The normalized spacial score (nSPS) is 35.0. The zero-order valence-corrected chi connectivity index (χ0v) is 21.9. The van der Waals surface area contributed by atoms with Crippen molar-refractivity contribution in [3.63, 3.8) is 0 Å². The summed E-state index contributed by atoms with van der Waals surface area (Å²) < 4.78 is 10.6. The van der Waals surface area contributed by atoms with Gasteiger partial charge in [-0.2, -0.15) is 0 Å². The number of ether oxygens (including phenoxy) is 2. The van der Waals surface area contributed by atoms with Crippen LogP contribution < -0.4 is 16.0 Å². The molecular weight excluding hydrogens is 444 g/mol. The van der Waals surface area contributed by atoms with E-state index in [-0.39, 0.29) is 18.2 Å². The van der Waals surface area contributed by atoms with Gasteiger partial charge in [-0.1, -0.05) is 0 Å². The first-order valence-electron chi connectivity index (χ1n) is 14.3. The Hall–Kier alpha value is -1.22. The van der Waals surface area contributed by atoms with Gasteiger partial charge in [-0.25, -0.2) is 0 Å². The molecule has 200 valence electrons. The molecule has 0 atom stereocenters. The van der Waals surface area contributed by atoms with E-state index >= 15 is 0 Å². The van der Waals surface area contributed by atoms with Crippen LogP contribution in [0, 0.1) is 23.7 Å². The average Bonchev–Trinajstić information content (AvgIpc) is 2.90. The van der Waals surface area contributed by atoms with E-state index in [1.165, 1.54) is 25.7 Å². The number of esters is 1. The molecule has 4 aliphatic rings. The van der Waals surface area contributed by atoms with Crippen LogP contribution >= 0.6 is 0 Å². The Morgan fingerprint density at radius 2 is 1.54 bits per heavy atom. The van der Waals surface area contributed by atoms with Crippen LogP contribution in [-0.4, -0.2) is 75.1 Å². The van der Waals surface area contributed by atoms with E-state index in [2.05, 4.69) is 16.0 Å². The summed E-state index contributed by atoms with van der Waals surface area (Å²) in [5.41, 5.74) is 0. The van der Waals surface area contributed by atoms with Gasteiger partial charge in [0.25, 0.3) is 0 Å². The van der Waals surface area contributed by atoms with Gasteiger partial charge in [0.15, 0.2) is 0 Å². The van der Waals surface area contributed by atoms with Gasteiger partial charge in [-0.3, -0.25) is 25.5 Å². The Balaban J connectivity index is 1.10. The first kappa shape index (κ1) is 26.8. The van der Waals surface area contributed by atoms with Crippen LogP contribution in [-0.2, 0) is 19.1 Å². The topological polar surface area (TPSA) is 91.9 Å². The minimum atomic E-state index is -0.102. The van der Waals surface area contributed by atoms with Gasteiger partial charge in [-0.05, 0) is 88.9 Å². The van der Waals surface area contributed by atoms with Crippen LogP contribution in [0.2, 0.25) is 0 Å². The van der Waals surface area contributed by atoms with Gasteiger partial charge in [0.2, 0.25) is 5.91 Å². The molecule has 2 saturated heterocycles. The Kier molecular flexibility index (Phi) is 10.2. The fourth-order valence-corrected chi connectivity index (χ4v) is 6.74. The third kappa shape index (κ3) is 7.63. The molecule has 8 heteroatoms.